The Morgan fingerprint density at radius 3 is 0.984 bits per heavy atom. The van der Waals surface area contributed by atoms with Crippen molar-refractivity contribution in [1.82, 2.24) is 5.32 Å². The summed E-state index contributed by atoms with van der Waals surface area (Å²) in [5, 5.41) is 23.2. The van der Waals surface area contributed by atoms with Crippen LogP contribution >= 0.6 is 0 Å². The second-order valence-corrected chi connectivity index (χ2v) is 19.6. The number of aliphatic hydroxyl groups is 2. The molecule has 6 heteroatoms. The van der Waals surface area contributed by atoms with Crippen LogP contribution in [0.15, 0.2) is 0 Å². The molecule has 2 atom stereocenters. The molecular weight excluding hydrogens is 767 g/mol. The van der Waals surface area contributed by atoms with E-state index in [-0.39, 0.29) is 18.5 Å². The van der Waals surface area contributed by atoms with Gasteiger partial charge in [-0.3, -0.25) is 9.59 Å². The van der Waals surface area contributed by atoms with Gasteiger partial charge in [-0.15, -0.1) is 0 Å². The lowest BCUT2D eigenvalue weighted by molar-refractivity contribution is -0.143. The molecule has 0 aliphatic rings. The topological polar surface area (TPSA) is 95.9 Å². The van der Waals surface area contributed by atoms with Crippen LogP contribution in [0, 0.1) is 0 Å². The van der Waals surface area contributed by atoms with Crippen molar-refractivity contribution in [1.29, 1.82) is 0 Å². The highest BCUT2D eigenvalue weighted by Gasteiger charge is 2.20. The van der Waals surface area contributed by atoms with Gasteiger partial charge in [0.25, 0.3) is 0 Å². The fourth-order valence-corrected chi connectivity index (χ4v) is 9.05. The minimum absolute atomic E-state index is 0.0120. The summed E-state index contributed by atoms with van der Waals surface area (Å²) in [6, 6.07) is -0.540. The van der Waals surface area contributed by atoms with Gasteiger partial charge in [0.2, 0.25) is 5.91 Å². The van der Waals surface area contributed by atoms with Gasteiger partial charge in [-0.2, -0.15) is 0 Å². The Morgan fingerprint density at radius 1 is 0.387 bits per heavy atom. The summed E-state index contributed by atoms with van der Waals surface area (Å²) < 4.78 is 5.47. The predicted octanol–water partition coefficient (Wildman–Crippen LogP) is 17.1. The van der Waals surface area contributed by atoms with Gasteiger partial charge in [-0.1, -0.05) is 284 Å². The normalized spacial score (nSPS) is 12.5. The third-order valence-electron chi connectivity index (χ3n) is 13.4. The average Bonchev–Trinajstić information content (AvgIpc) is 3.27. The SMILES string of the molecule is CCCCCCCCCCCCCCCC(O)C(CO)NC(=O)CCCCCCCCCCCCCCCCCCCCCCOC(=O)CCCCCCCCCCCCCC. The molecule has 0 bridgehead atoms. The van der Waals surface area contributed by atoms with Crippen molar-refractivity contribution < 1.29 is 24.5 Å². The molecule has 62 heavy (non-hydrogen) atoms. The molecule has 0 heterocycles. The molecule has 2 unspecified atom stereocenters. The van der Waals surface area contributed by atoms with Crippen LogP contribution in [0.5, 0.6) is 0 Å². The number of amides is 1. The quantitative estimate of drug-likeness (QED) is 0.0418. The number of esters is 1. The van der Waals surface area contributed by atoms with E-state index in [0.29, 0.717) is 25.9 Å². The van der Waals surface area contributed by atoms with E-state index in [1.165, 1.54) is 250 Å². The van der Waals surface area contributed by atoms with Crippen LogP contribution in [0.1, 0.15) is 322 Å². The molecule has 1 amide bonds. The molecule has 0 aliphatic heterocycles. The molecule has 0 aromatic heterocycles. The number of nitrogens with one attached hydrogen (secondary N) is 1. The summed E-state index contributed by atoms with van der Waals surface area (Å²) in [6.45, 7) is 4.96. The average molecular weight is 879 g/mol. The molecule has 370 valence electrons. The number of hydrogen-bond donors (Lipinski definition) is 3. The first-order valence-electron chi connectivity index (χ1n) is 28.3. The Bertz CT molecular complexity index is 882. The minimum atomic E-state index is -0.663. The van der Waals surface area contributed by atoms with Gasteiger partial charge in [0.05, 0.1) is 25.4 Å². The van der Waals surface area contributed by atoms with Crippen LogP contribution in [0.4, 0.5) is 0 Å². The first-order chi connectivity index (χ1) is 30.5. The second-order valence-electron chi connectivity index (χ2n) is 19.6. The number of aliphatic hydroxyl groups excluding tert-OH is 2. The Morgan fingerprint density at radius 2 is 0.661 bits per heavy atom. The van der Waals surface area contributed by atoms with Crippen LogP contribution in [0.3, 0.4) is 0 Å². The molecule has 0 fully saturated rings. The highest BCUT2D eigenvalue weighted by molar-refractivity contribution is 5.76. The number of carbonyl (C=O) groups is 2. The third kappa shape index (κ3) is 48.3. The van der Waals surface area contributed by atoms with E-state index < -0.39 is 12.1 Å². The third-order valence-corrected chi connectivity index (χ3v) is 13.4. The van der Waals surface area contributed by atoms with E-state index in [0.717, 1.165) is 38.5 Å². The van der Waals surface area contributed by atoms with E-state index in [2.05, 4.69) is 19.2 Å². The molecule has 0 radical (unpaired) electrons. The molecule has 0 spiro atoms. The smallest absolute Gasteiger partial charge is 0.305 e. The Balaban J connectivity index is 3.37. The van der Waals surface area contributed by atoms with Crippen molar-refractivity contribution in [3.8, 4) is 0 Å². The lowest BCUT2D eigenvalue weighted by Crippen LogP contribution is -2.45. The van der Waals surface area contributed by atoms with E-state index in [9.17, 15) is 19.8 Å². The lowest BCUT2D eigenvalue weighted by atomic mass is 10.0. The molecule has 0 saturated heterocycles. The van der Waals surface area contributed by atoms with E-state index in [1.54, 1.807) is 0 Å². The van der Waals surface area contributed by atoms with Gasteiger partial charge in [0.15, 0.2) is 0 Å². The molecular formula is C56H111NO5. The number of hydrogen-bond acceptors (Lipinski definition) is 5. The molecule has 0 aromatic rings. The second kappa shape index (κ2) is 52.5. The largest absolute Gasteiger partial charge is 0.466 e. The maximum atomic E-state index is 12.5. The molecule has 0 saturated carbocycles. The van der Waals surface area contributed by atoms with Gasteiger partial charge in [0, 0.05) is 12.8 Å². The maximum absolute atomic E-state index is 12.5. The number of ether oxygens (including phenoxy) is 1. The standard InChI is InChI=1S/C56H111NO5/c1-3-5-7-9-11-13-15-25-28-32-36-40-44-48-54(59)53(52-58)57-55(60)49-45-41-37-33-29-26-23-21-19-17-18-20-22-24-27-31-35-39-43-47-51-62-56(61)50-46-42-38-34-30-16-14-12-10-8-6-4-2/h53-54,58-59H,3-52H2,1-2H3,(H,57,60). The highest BCUT2D eigenvalue weighted by atomic mass is 16.5. The van der Waals surface area contributed by atoms with Crippen molar-refractivity contribution in [2.45, 2.75) is 334 Å². The Hall–Kier alpha value is -1.14. The molecule has 0 aromatic carbocycles. The van der Waals surface area contributed by atoms with E-state index >= 15 is 0 Å². The summed E-state index contributed by atoms with van der Waals surface area (Å²) in [5.41, 5.74) is 0. The van der Waals surface area contributed by atoms with Crippen LogP contribution in [0.25, 0.3) is 0 Å². The predicted molar refractivity (Wildman–Crippen MR) is 269 cm³/mol. The van der Waals surface area contributed by atoms with Gasteiger partial charge in [-0.05, 0) is 25.7 Å². The number of rotatable bonds is 53. The van der Waals surface area contributed by atoms with Gasteiger partial charge in [-0.25, -0.2) is 0 Å². The van der Waals surface area contributed by atoms with Crippen molar-refractivity contribution in [2.24, 2.45) is 0 Å². The van der Waals surface area contributed by atoms with E-state index in [1.807, 2.05) is 0 Å². The molecule has 6 nitrogen and oxygen atoms in total. The number of carbonyl (C=O) groups excluding carboxylic acids is 2. The van der Waals surface area contributed by atoms with Crippen molar-refractivity contribution in [3.63, 3.8) is 0 Å². The summed E-state index contributed by atoms with van der Waals surface area (Å²) in [7, 11) is 0. The van der Waals surface area contributed by atoms with Crippen molar-refractivity contribution >= 4 is 11.9 Å². The van der Waals surface area contributed by atoms with Crippen molar-refractivity contribution in [3.05, 3.63) is 0 Å². The van der Waals surface area contributed by atoms with Gasteiger partial charge in [0.1, 0.15) is 0 Å². The fraction of sp³-hybridized carbons (Fsp3) is 0.964. The first-order valence-corrected chi connectivity index (χ1v) is 28.3. The fourth-order valence-electron chi connectivity index (χ4n) is 9.05. The first kappa shape index (κ1) is 60.9. The minimum Gasteiger partial charge on any atom is -0.466 e. The van der Waals surface area contributed by atoms with E-state index in [4.69, 9.17) is 4.74 Å². The van der Waals surface area contributed by atoms with Crippen LogP contribution in [-0.4, -0.2) is 47.4 Å². The van der Waals surface area contributed by atoms with Gasteiger partial charge >= 0.3 is 5.97 Å². The van der Waals surface area contributed by atoms with Crippen LogP contribution < -0.4 is 5.32 Å². The van der Waals surface area contributed by atoms with Gasteiger partial charge < -0.3 is 20.3 Å². The van der Waals surface area contributed by atoms with Crippen LogP contribution in [0.2, 0.25) is 0 Å². The summed E-state index contributed by atoms with van der Waals surface area (Å²) in [4.78, 5) is 24.5. The monoisotopic (exact) mass is 878 g/mol. The zero-order chi connectivity index (χ0) is 45.1. The Labute approximate surface area is 387 Å². The van der Waals surface area contributed by atoms with Crippen molar-refractivity contribution in [2.75, 3.05) is 13.2 Å². The lowest BCUT2D eigenvalue weighted by Gasteiger charge is -2.22. The zero-order valence-electron chi connectivity index (χ0n) is 42.1. The molecule has 3 N–H and O–H groups in total. The van der Waals surface area contributed by atoms with Crippen LogP contribution in [-0.2, 0) is 14.3 Å². The summed E-state index contributed by atoms with van der Waals surface area (Å²) in [5.74, 6) is -0.0232. The number of unbranched alkanes of at least 4 members (excludes halogenated alkanes) is 42. The summed E-state index contributed by atoms with van der Waals surface area (Å²) in [6.07, 6.45) is 59.5. The molecule has 0 aliphatic carbocycles. The maximum Gasteiger partial charge on any atom is 0.305 e. The summed E-state index contributed by atoms with van der Waals surface area (Å²) >= 11 is 0. The Kier molecular flexibility index (Phi) is 51.5. The highest BCUT2D eigenvalue weighted by Crippen LogP contribution is 2.18. The zero-order valence-corrected chi connectivity index (χ0v) is 42.1. The molecule has 0 rings (SSSR count).